The van der Waals surface area contributed by atoms with E-state index in [0.29, 0.717) is 17.1 Å². The second-order valence-electron chi connectivity index (χ2n) is 5.81. The molecule has 0 bridgehead atoms. The number of carbonyl (C=O) groups excluding carboxylic acids is 1. The second-order valence-corrected chi connectivity index (χ2v) is 7.75. The van der Waals surface area contributed by atoms with Crippen molar-refractivity contribution in [2.75, 3.05) is 11.4 Å². The van der Waals surface area contributed by atoms with E-state index in [9.17, 15) is 13.2 Å². The van der Waals surface area contributed by atoms with E-state index >= 15 is 0 Å². The van der Waals surface area contributed by atoms with Gasteiger partial charge in [0.2, 0.25) is 0 Å². The minimum absolute atomic E-state index is 0.0412. The van der Waals surface area contributed by atoms with Crippen LogP contribution in [0.25, 0.3) is 0 Å². The van der Waals surface area contributed by atoms with Crippen molar-refractivity contribution in [3.05, 3.63) is 77.7 Å². The Balaban J connectivity index is 1.87. The molecule has 0 aliphatic carbocycles. The summed E-state index contributed by atoms with van der Waals surface area (Å²) >= 11 is 0. The Hall–Kier alpha value is -3.13. The summed E-state index contributed by atoms with van der Waals surface area (Å²) in [6, 6.07) is 16.2. The van der Waals surface area contributed by atoms with E-state index in [2.05, 4.69) is 5.16 Å². The molecule has 0 aliphatic rings. The van der Waals surface area contributed by atoms with Gasteiger partial charge in [-0.15, -0.1) is 0 Å². The van der Waals surface area contributed by atoms with Crippen LogP contribution in [0.15, 0.2) is 70.1 Å². The van der Waals surface area contributed by atoms with Crippen molar-refractivity contribution in [2.24, 2.45) is 0 Å². The average molecular weight is 386 g/mol. The van der Waals surface area contributed by atoms with Gasteiger partial charge in [0.25, 0.3) is 10.0 Å². The van der Waals surface area contributed by atoms with Crippen molar-refractivity contribution in [1.29, 1.82) is 0 Å². The summed E-state index contributed by atoms with van der Waals surface area (Å²) in [5.74, 6) is -0.162. The van der Waals surface area contributed by atoms with Crippen LogP contribution in [0.3, 0.4) is 0 Å². The molecule has 140 valence electrons. The van der Waals surface area contributed by atoms with Gasteiger partial charge in [-0.25, -0.2) is 13.2 Å². The van der Waals surface area contributed by atoms with Gasteiger partial charge in [0.1, 0.15) is 23.0 Å². The Labute approximate surface area is 157 Å². The maximum Gasteiger partial charge on any atom is 0.339 e. The highest BCUT2D eigenvalue weighted by Crippen LogP contribution is 2.25. The Kier molecular flexibility index (Phi) is 5.27. The van der Waals surface area contributed by atoms with Crippen LogP contribution in [0.2, 0.25) is 0 Å². The van der Waals surface area contributed by atoms with Crippen LogP contribution in [0.5, 0.6) is 0 Å². The molecule has 7 nitrogen and oxygen atoms in total. The van der Waals surface area contributed by atoms with Crippen molar-refractivity contribution >= 4 is 21.7 Å². The van der Waals surface area contributed by atoms with E-state index in [0.717, 1.165) is 4.31 Å². The zero-order valence-electron chi connectivity index (χ0n) is 14.8. The number of anilines is 1. The lowest BCUT2D eigenvalue weighted by Crippen LogP contribution is -2.28. The smallest absolute Gasteiger partial charge is 0.339 e. The molecule has 0 unspecified atom stereocenters. The molecule has 3 aromatic rings. The van der Waals surface area contributed by atoms with Gasteiger partial charge in [0.15, 0.2) is 0 Å². The van der Waals surface area contributed by atoms with Gasteiger partial charge in [0.05, 0.1) is 11.3 Å². The molecule has 27 heavy (non-hydrogen) atoms. The number of aryl methyl sites for hydroxylation is 1. The summed E-state index contributed by atoms with van der Waals surface area (Å²) in [6.07, 6.45) is 0. The van der Waals surface area contributed by atoms with E-state index in [1.54, 1.807) is 55.5 Å². The number of hydrogen-bond acceptors (Lipinski definition) is 6. The van der Waals surface area contributed by atoms with Crippen LogP contribution >= 0.6 is 0 Å². The van der Waals surface area contributed by atoms with Crippen LogP contribution in [0.1, 0.15) is 21.8 Å². The number of rotatable bonds is 6. The summed E-state index contributed by atoms with van der Waals surface area (Å²) in [7, 11) is -2.51. The topological polar surface area (TPSA) is 89.7 Å². The third-order valence-corrected chi connectivity index (χ3v) is 5.74. The first-order valence-electron chi connectivity index (χ1n) is 8.12. The van der Waals surface area contributed by atoms with E-state index in [1.807, 2.05) is 0 Å². The fourth-order valence-corrected chi connectivity index (χ4v) is 3.86. The number of para-hydroxylation sites is 1. The zero-order chi connectivity index (χ0) is 19.4. The van der Waals surface area contributed by atoms with Crippen molar-refractivity contribution in [3.63, 3.8) is 0 Å². The Morgan fingerprint density at radius 1 is 1.11 bits per heavy atom. The summed E-state index contributed by atoms with van der Waals surface area (Å²) < 4.78 is 37.3. The molecule has 0 aliphatic heterocycles. The molecule has 8 heteroatoms. The Morgan fingerprint density at radius 3 is 2.44 bits per heavy atom. The summed E-state index contributed by atoms with van der Waals surface area (Å²) in [6.45, 7) is 1.61. The first-order valence-corrected chi connectivity index (χ1v) is 9.56. The van der Waals surface area contributed by atoms with Gasteiger partial charge in [0, 0.05) is 13.1 Å². The highest BCUT2D eigenvalue weighted by atomic mass is 32.2. The maximum absolute atomic E-state index is 13.0. The highest BCUT2D eigenvalue weighted by molar-refractivity contribution is 7.92. The van der Waals surface area contributed by atoms with E-state index < -0.39 is 16.0 Å². The largest absolute Gasteiger partial charge is 0.455 e. The maximum atomic E-state index is 13.0. The van der Waals surface area contributed by atoms with Crippen LogP contribution in [-0.2, 0) is 21.4 Å². The van der Waals surface area contributed by atoms with Crippen molar-refractivity contribution in [3.8, 4) is 0 Å². The molecule has 0 radical (unpaired) electrons. The standard InChI is InChI=1S/C19H18N2O5S/c1-14-12-15(20-26-14)13-25-19(22)17-10-6-7-11-18(17)27(23,24)21(2)16-8-4-3-5-9-16/h3-12H,13H2,1-2H3. The molecule has 0 saturated heterocycles. The van der Waals surface area contributed by atoms with Gasteiger partial charge in [-0.2, -0.15) is 0 Å². The van der Waals surface area contributed by atoms with Crippen LogP contribution in [0, 0.1) is 6.92 Å². The van der Waals surface area contributed by atoms with Gasteiger partial charge >= 0.3 is 5.97 Å². The number of aromatic nitrogens is 1. The van der Waals surface area contributed by atoms with Gasteiger partial charge in [-0.3, -0.25) is 4.31 Å². The second kappa shape index (κ2) is 7.63. The highest BCUT2D eigenvalue weighted by Gasteiger charge is 2.27. The molecule has 0 fully saturated rings. The SMILES string of the molecule is Cc1cc(COC(=O)c2ccccc2S(=O)(=O)N(C)c2ccccc2)no1. The lowest BCUT2D eigenvalue weighted by molar-refractivity contribution is 0.0459. The van der Waals surface area contributed by atoms with E-state index in [1.165, 1.54) is 19.2 Å². The number of nitrogens with zero attached hydrogens (tertiary/aromatic N) is 2. The predicted molar refractivity (Wildman–Crippen MR) is 98.8 cm³/mol. The van der Waals surface area contributed by atoms with Crippen molar-refractivity contribution in [2.45, 2.75) is 18.4 Å². The molecule has 0 atom stereocenters. The van der Waals surface area contributed by atoms with Crippen LogP contribution in [0.4, 0.5) is 5.69 Å². The Bertz CT molecular complexity index is 1040. The molecular weight excluding hydrogens is 368 g/mol. The molecule has 1 aromatic heterocycles. The first-order chi connectivity index (χ1) is 12.9. The average Bonchev–Trinajstić information content (AvgIpc) is 3.11. The zero-order valence-corrected chi connectivity index (χ0v) is 15.6. The quantitative estimate of drug-likeness (QED) is 0.605. The number of sulfonamides is 1. The lowest BCUT2D eigenvalue weighted by atomic mass is 10.2. The molecule has 0 N–H and O–H groups in total. The minimum Gasteiger partial charge on any atom is -0.455 e. The molecule has 3 rings (SSSR count). The molecule has 0 spiro atoms. The normalized spacial score (nSPS) is 11.2. The van der Waals surface area contributed by atoms with E-state index in [-0.39, 0.29) is 17.1 Å². The number of ether oxygens (including phenoxy) is 1. The van der Waals surface area contributed by atoms with Crippen LogP contribution in [-0.4, -0.2) is 26.6 Å². The first kappa shape index (κ1) is 18.7. The molecule has 0 amide bonds. The Morgan fingerprint density at radius 2 is 1.78 bits per heavy atom. The lowest BCUT2D eigenvalue weighted by Gasteiger charge is -2.20. The molecule has 0 saturated carbocycles. The number of benzene rings is 2. The number of esters is 1. The minimum atomic E-state index is -3.95. The van der Waals surface area contributed by atoms with Crippen LogP contribution < -0.4 is 4.31 Å². The monoisotopic (exact) mass is 386 g/mol. The van der Waals surface area contributed by atoms with Gasteiger partial charge in [-0.05, 0) is 31.2 Å². The molecule has 2 aromatic carbocycles. The van der Waals surface area contributed by atoms with Gasteiger partial charge < -0.3 is 9.26 Å². The predicted octanol–water partition coefficient (Wildman–Crippen LogP) is 3.17. The molecule has 1 heterocycles. The van der Waals surface area contributed by atoms with E-state index in [4.69, 9.17) is 9.26 Å². The fraction of sp³-hybridized carbons (Fsp3) is 0.158. The summed E-state index contributed by atoms with van der Waals surface area (Å²) in [4.78, 5) is 12.4. The third-order valence-electron chi connectivity index (χ3n) is 3.89. The number of hydrogen-bond donors (Lipinski definition) is 0. The van der Waals surface area contributed by atoms with Gasteiger partial charge in [-0.1, -0.05) is 35.5 Å². The molecular formula is C19H18N2O5S. The summed E-state index contributed by atoms with van der Waals surface area (Å²) in [5.41, 5.74) is 0.891. The van der Waals surface area contributed by atoms with Crippen molar-refractivity contribution in [1.82, 2.24) is 5.16 Å². The fourth-order valence-electron chi connectivity index (χ4n) is 2.49. The third kappa shape index (κ3) is 4.01. The van der Waals surface area contributed by atoms with Crippen molar-refractivity contribution < 1.29 is 22.5 Å². The number of carbonyl (C=O) groups is 1. The summed E-state index contributed by atoms with van der Waals surface area (Å²) in [5, 5.41) is 3.74.